The summed E-state index contributed by atoms with van der Waals surface area (Å²) < 4.78 is 41.5. The lowest BCUT2D eigenvalue weighted by Crippen LogP contribution is -2.45. The molecule has 1 N–H and O–H groups in total. The lowest BCUT2D eigenvalue weighted by atomic mass is 9.95. The van der Waals surface area contributed by atoms with Crippen LogP contribution in [0.3, 0.4) is 0 Å². The Kier molecular flexibility index (Phi) is 6.69. The van der Waals surface area contributed by atoms with Crippen molar-refractivity contribution in [1.29, 1.82) is 0 Å². The molecule has 0 spiro atoms. The van der Waals surface area contributed by atoms with Crippen LogP contribution >= 0.6 is 11.6 Å². The summed E-state index contributed by atoms with van der Waals surface area (Å²) in [5, 5.41) is 2.90. The van der Waals surface area contributed by atoms with E-state index in [2.05, 4.69) is 5.32 Å². The third-order valence-electron chi connectivity index (χ3n) is 4.85. The monoisotopic (exact) mass is 424 g/mol. The van der Waals surface area contributed by atoms with Gasteiger partial charge in [-0.15, -0.1) is 0 Å². The summed E-state index contributed by atoms with van der Waals surface area (Å²) >= 11 is 5.87. The van der Waals surface area contributed by atoms with Gasteiger partial charge in [-0.1, -0.05) is 43.0 Å². The van der Waals surface area contributed by atoms with Crippen LogP contribution in [0.5, 0.6) is 0 Å². The Hall–Kier alpha value is -1.96. The highest BCUT2D eigenvalue weighted by Gasteiger charge is 2.34. The standard InChI is InChI=1S/C20H22ClFN2O3S/c21-15-10-12-17(13-11-15)28(26,27)24(16-6-2-1-3-7-16)14-20(25)23-19-9-5-4-8-18(19)22/h4-5,8-13,16H,1-3,6-7,14H2,(H,23,25). The average molecular weight is 425 g/mol. The van der Waals surface area contributed by atoms with Gasteiger partial charge in [-0.05, 0) is 49.2 Å². The zero-order valence-electron chi connectivity index (χ0n) is 15.3. The topological polar surface area (TPSA) is 66.5 Å². The number of carbonyl (C=O) groups is 1. The lowest BCUT2D eigenvalue weighted by Gasteiger charge is -2.33. The van der Waals surface area contributed by atoms with E-state index in [1.165, 1.54) is 46.8 Å². The molecule has 0 aliphatic heterocycles. The molecule has 2 aromatic rings. The molecule has 1 fully saturated rings. The first kappa shape index (κ1) is 20.8. The van der Waals surface area contributed by atoms with Crippen LogP contribution in [0.25, 0.3) is 0 Å². The molecule has 0 bridgehead atoms. The number of nitrogens with one attached hydrogen (secondary N) is 1. The SMILES string of the molecule is O=C(CN(C1CCCCC1)S(=O)(=O)c1ccc(Cl)cc1)Nc1ccccc1F. The van der Waals surface area contributed by atoms with Gasteiger partial charge in [-0.2, -0.15) is 4.31 Å². The van der Waals surface area contributed by atoms with E-state index < -0.39 is 21.7 Å². The van der Waals surface area contributed by atoms with Gasteiger partial charge in [0.15, 0.2) is 0 Å². The van der Waals surface area contributed by atoms with Crippen LogP contribution in [0.2, 0.25) is 5.02 Å². The molecule has 0 atom stereocenters. The van der Waals surface area contributed by atoms with E-state index in [1.807, 2.05) is 0 Å². The van der Waals surface area contributed by atoms with Crippen LogP contribution in [-0.4, -0.2) is 31.2 Å². The third kappa shape index (κ3) is 4.90. The average Bonchev–Trinajstić information content (AvgIpc) is 2.69. The summed E-state index contributed by atoms with van der Waals surface area (Å²) in [4.78, 5) is 12.6. The highest BCUT2D eigenvalue weighted by molar-refractivity contribution is 7.89. The molecular formula is C20H22ClFN2O3S. The zero-order valence-corrected chi connectivity index (χ0v) is 16.8. The Morgan fingerprint density at radius 2 is 1.71 bits per heavy atom. The quantitative estimate of drug-likeness (QED) is 0.745. The largest absolute Gasteiger partial charge is 0.322 e. The smallest absolute Gasteiger partial charge is 0.243 e. The first-order chi connectivity index (χ1) is 13.4. The minimum absolute atomic E-state index is 0.0278. The molecule has 1 aliphatic carbocycles. The van der Waals surface area contributed by atoms with E-state index in [0.29, 0.717) is 17.9 Å². The second kappa shape index (κ2) is 9.03. The number of carbonyl (C=O) groups excluding carboxylic acids is 1. The number of nitrogens with zero attached hydrogens (tertiary/aromatic N) is 1. The number of amides is 1. The van der Waals surface area contributed by atoms with Gasteiger partial charge < -0.3 is 5.32 Å². The minimum atomic E-state index is -3.89. The predicted molar refractivity (Wildman–Crippen MR) is 107 cm³/mol. The van der Waals surface area contributed by atoms with Crippen molar-refractivity contribution in [1.82, 2.24) is 4.31 Å². The number of hydrogen-bond acceptors (Lipinski definition) is 3. The van der Waals surface area contributed by atoms with Crippen molar-refractivity contribution in [3.05, 3.63) is 59.4 Å². The molecule has 0 unspecified atom stereocenters. The molecule has 0 aromatic heterocycles. The fourth-order valence-electron chi connectivity index (χ4n) is 3.42. The van der Waals surface area contributed by atoms with Crippen LogP contribution in [-0.2, 0) is 14.8 Å². The summed E-state index contributed by atoms with van der Waals surface area (Å²) in [6.45, 7) is -0.371. The molecule has 1 saturated carbocycles. The maximum Gasteiger partial charge on any atom is 0.243 e. The van der Waals surface area contributed by atoms with Gasteiger partial charge in [-0.3, -0.25) is 4.79 Å². The van der Waals surface area contributed by atoms with Gasteiger partial charge >= 0.3 is 0 Å². The number of hydrogen-bond donors (Lipinski definition) is 1. The van der Waals surface area contributed by atoms with Gasteiger partial charge in [-0.25, -0.2) is 12.8 Å². The third-order valence-corrected chi connectivity index (χ3v) is 7.01. The molecular weight excluding hydrogens is 403 g/mol. The molecule has 150 valence electrons. The van der Waals surface area contributed by atoms with Crippen LogP contribution < -0.4 is 5.32 Å². The van der Waals surface area contributed by atoms with E-state index in [-0.39, 0.29) is 23.2 Å². The fourth-order valence-corrected chi connectivity index (χ4v) is 5.18. The summed E-state index contributed by atoms with van der Waals surface area (Å²) in [5.41, 5.74) is 0.0278. The molecule has 0 radical (unpaired) electrons. The Morgan fingerprint density at radius 3 is 2.36 bits per heavy atom. The van der Waals surface area contributed by atoms with E-state index >= 15 is 0 Å². The molecule has 5 nitrogen and oxygen atoms in total. The van der Waals surface area contributed by atoms with E-state index in [4.69, 9.17) is 11.6 Å². The number of anilines is 1. The summed E-state index contributed by atoms with van der Waals surface area (Å²) in [6.07, 6.45) is 4.25. The number of benzene rings is 2. The normalized spacial score (nSPS) is 15.5. The first-order valence-electron chi connectivity index (χ1n) is 9.20. The number of para-hydroxylation sites is 1. The van der Waals surface area contributed by atoms with Crippen molar-refractivity contribution in [3.63, 3.8) is 0 Å². The molecule has 1 aliphatic rings. The Balaban J connectivity index is 1.85. The highest BCUT2D eigenvalue weighted by Crippen LogP contribution is 2.28. The van der Waals surface area contributed by atoms with Gasteiger partial charge in [0.25, 0.3) is 0 Å². The molecule has 28 heavy (non-hydrogen) atoms. The van der Waals surface area contributed by atoms with E-state index in [0.717, 1.165) is 19.3 Å². The second-order valence-electron chi connectivity index (χ2n) is 6.82. The molecule has 3 rings (SSSR count). The second-order valence-corrected chi connectivity index (χ2v) is 9.15. The van der Waals surface area contributed by atoms with Crippen molar-refractivity contribution in [3.8, 4) is 0 Å². The first-order valence-corrected chi connectivity index (χ1v) is 11.0. The lowest BCUT2D eigenvalue weighted by molar-refractivity contribution is -0.116. The van der Waals surface area contributed by atoms with E-state index in [1.54, 1.807) is 6.07 Å². The number of rotatable bonds is 6. The maximum absolute atomic E-state index is 13.8. The van der Waals surface area contributed by atoms with Crippen molar-refractivity contribution in [2.45, 2.75) is 43.0 Å². The summed E-state index contributed by atoms with van der Waals surface area (Å²) in [5.74, 6) is -1.14. The van der Waals surface area contributed by atoms with Crippen molar-refractivity contribution >= 4 is 33.2 Å². The van der Waals surface area contributed by atoms with Gasteiger partial charge in [0.05, 0.1) is 17.1 Å². The highest BCUT2D eigenvalue weighted by atomic mass is 35.5. The van der Waals surface area contributed by atoms with Crippen molar-refractivity contribution in [2.24, 2.45) is 0 Å². The van der Waals surface area contributed by atoms with Crippen molar-refractivity contribution < 1.29 is 17.6 Å². The van der Waals surface area contributed by atoms with Crippen LogP contribution in [0.1, 0.15) is 32.1 Å². The van der Waals surface area contributed by atoms with Crippen LogP contribution in [0.15, 0.2) is 53.4 Å². The summed E-state index contributed by atoms with van der Waals surface area (Å²) in [6, 6.07) is 11.4. The van der Waals surface area contributed by atoms with Gasteiger partial charge in [0.1, 0.15) is 5.82 Å². The van der Waals surface area contributed by atoms with Crippen LogP contribution in [0, 0.1) is 5.82 Å². The molecule has 1 amide bonds. The fraction of sp³-hybridized carbons (Fsp3) is 0.350. The Labute approximate surface area is 169 Å². The summed E-state index contributed by atoms with van der Waals surface area (Å²) in [7, 11) is -3.89. The maximum atomic E-state index is 13.8. The van der Waals surface area contributed by atoms with Crippen LogP contribution in [0.4, 0.5) is 10.1 Å². The molecule has 8 heteroatoms. The predicted octanol–water partition coefficient (Wildman–Crippen LogP) is 4.44. The number of sulfonamides is 1. The zero-order chi connectivity index (χ0) is 20.1. The Morgan fingerprint density at radius 1 is 1.07 bits per heavy atom. The van der Waals surface area contributed by atoms with Gasteiger partial charge in [0, 0.05) is 11.1 Å². The minimum Gasteiger partial charge on any atom is -0.322 e. The Bertz CT molecular complexity index is 929. The molecule has 0 saturated heterocycles. The van der Waals surface area contributed by atoms with E-state index in [9.17, 15) is 17.6 Å². The molecule has 2 aromatic carbocycles. The molecule has 0 heterocycles. The number of halogens is 2. The van der Waals surface area contributed by atoms with Gasteiger partial charge in [0.2, 0.25) is 15.9 Å². The van der Waals surface area contributed by atoms with Crippen molar-refractivity contribution in [2.75, 3.05) is 11.9 Å².